The van der Waals surface area contributed by atoms with Crippen molar-refractivity contribution in [2.24, 2.45) is 0 Å². The summed E-state index contributed by atoms with van der Waals surface area (Å²) < 4.78 is 32.8. The van der Waals surface area contributed by atoms with Gasteiger partial charge in [-0.2, -0.15) is 0 Å². The van der Waals surface area contributed by atoms with E-state index in [1.54, 1.807) is 12.1 Å². The number of hydrogen-bond acceptors (Lipinski definition) is 4. The van der Waals surface area contributed by atoms with Crippen LogP contribution in [0.1, 0.15) is 12.8 Å². The third-order valence-electron chi connectivity index (χ3n) is 3.07. The van der Waals surface area contributed by atoms with E-state index >= 15 is 0 Å². The Morgan fingerprint density at radius 3 is 2.80 bits per heavy atom. The monoisotopic (exact) mass is 384 g/mol. The number of benzene rings is 1. The lowest BCUT2D eigenvalue weighted by molar-refractivity contribution is 0.413. The third kappa shape index (κ3) is 4.60. The highest BCUT2D eigenvalue weighted by Gasteiger charge is 2.20. The van der Waals surface area contributed by atoms with Gasteiger partial charge in [-0.1, -0.05) is 15.9 Å². The van der Waals surface area contributed by atoms with Crippen LogP contribution in [0.5, 0.6) is 5.75 Å². The zero-order chi connectivity index (χ0) is 13.9. The molecule has 0 saturated carbocycles. The minimum absolute atomic E-state index is 0. The second-order valence-corrected chi connectivity index (χ2v) is 7.15. The summed E-state index contributed by atoms with van der Waals surface area (Å²) in [5.74, 6) is 0.508. The first-order valence-electron chi connectivity index (χ1n) is 6.09. The van der Waals surface area contributed by atoms with Gasteiger partial charge in [0, 0.05) is 23.1 Å². The van der Waals surface area contributed by atoms with E-state index in [0.717, 1.165) is 19.4 Å². The Hall–Kier alpha value is -0.340. The smallest absolute Gasteiger partial charge is 0.240 e. The summed E-state index contributed by atoms with van der Waals surface area (Å²) in [7, 11) is -1.99. The van der Waals surface area contributed by atoms with Gasteiger partial charge in [-0.3, -0.25) is 0 Å². The molecule has 1 unspecified atom stereocenters. The first-order chi connectivity index (χ1) is 9.01. The van der Waals surface area contributed by atoms with E-state index in [1.807, 2.05) is 0 Å². The Labute approximate surface area is 134 Å². The van der Waals surface area contributed by atoms with Crippen molar-refractivity contribution in [3.63, 3.8) is 0 Å². The number of methoxy groups -OCH3 is 1. The molecule has 2 rings (SSSR count). The van der Waals surface area contributed by atoms with Crippen LogP contribution in [0.4, 0.5) is 0 Å². The fraction of sp³-hybridized carbons (Fsp3) is 0.500. The summed E-state index contributed by atoms with van der Waals surface area (Å²) in [5, 5.41) is 3.25. The highest BCUT2D eigenvalue weighted by molar-refractivity contribution is 9.10. The van der Waals surface area contributed by atoms with Gasteiger partial charge in [0.25, 0.3) is 0 Å². The van der Waals surface area contributed by atoms with Gasteiger partial charge >= 0.3 is 0 Å². The normalized spacial score (nSPS) is 18.6. The molecule has 8 heteroatoms. The van der Waals surface area contributed by atoms with Crippen molar-refractivity contribution in [1.29, 1.82) is 0 Å². The van der Waals surface area contributed by atoms with Gasteiger partial charge < -0.3 is 10.1 Å². The van der Waals surface area contributed by atoms with E-state index in [0.29, 0.717) is 16.8 Å². The molecule has 20 heavy (non-hydrogen) atoms. The summed E-state index contributed by atoms with van der Waals surface area (Å²) in [5.41, 5.74) is 0. The van der Waals surface area contributed by atoms with Gasteiger partial charge in [0.1, 0.15) is 5.75 Å². The van der Waals surface area contributed by atoms with Crippen molar-refractivity contribution in [1.82, 2.24) is 10.0 Å². The Morgan fingerprint density at radius 1 is 1.45 bits per heavy atom. The lowest BCUT2D eigenvalue weighted by Gasteiger charge is -2.13. The number of rotatable bonds is 5. The van der Waals surface area contributed by atoms with Gasteiger partial charge in [0.05, 0.1) is 12.0 Å². The van der Waals surface area contributed by atoms with Gasteiger partial charge in [-0.05, 0) is 31.5 Å². The number of hydrogen-bond donors (Lipinski definition) is 2. The van der Waals surface area contributed by atoms with Crippen LogP contribution in [-0.2, 0) is 10.0 Å². The van der Waals surface area contributed by atoms with E-state index in [1.165, 1.54) is 13.2 Å². The second kappa shape index (κ2) is 7.61. The van der Waals surface area contributed by atoms with Crippen molar-refractivity contribution in [2.75, 3.05) is 20.2 Å². The molecule has 0 aliphatic carbocycles. The molecule has 114 valence electrons. The van der Waals surface area contributed by atoms with Gasteiger partial charge in [-0.15, -0.1) is 12.4 Å². The molecule has 0 aromatic heterocycles. The average Bonchev–Trinajstić information content (AvgIpc) is 2.89. The standard InChI is InChI=1S/C12H17BrN2O3S.ClH/c1-18-11-5-9(13)6-12(7-11)19(16,17)15-8-10-3-2-4-14-10;/h5-7,10,14-15H,2-4,8H2,1H3;1H. The van der Waals surface area contributed by atoms with E-state index in [-0.39, 0.29) is 23.3 Å². The molecule has 1 aromatic rings. The third-order valence-corrected chi connectivity index (χ3v) is 4.93. The Bertz CT molecular complexity index is 548. The van der Waals surface area contributed by atoms with E-state index in [9.17, 15) is 8.42 Å². The van der Waals surface area contributed by atoms with Gasteiger partial charge in [0.2, 0.25) is 10.0 Å². The zero-order valence-electron chi connectivity index (χ0n) is 11.1. The second-order valence-electron chi connectivity index (χ2n) is 4.47. The van der Waals surface area contributed by atoms with Crippen molar-refractivity contribution >= 4 is 38.4 Å². The maximum atomic E-state index is 12.2. The maximum absolute atomic E-state index is 12.2. The number of ether oxygens (including phenoxy) is 1. The largest absolute Gasteiger partial charge is 0.497 e. The summed E-state index contributed by atoms with van der Waals surface area (Å²) in [6.07, 6.45) is 2.10. The predicted octanol–water partition coefficient (Wildman–Crippen LogP) is 1.91. The fourth-order valence-electron chi connectivity index (χ4n) is 2.03. The van der Waals surface area contributed by atoms with Crippen molar-refractivity contribution < 1.29 is 13.2 Å². The molecule has 0 spiro atoms. The minimum Gasteiger partial charge on any atom is -0.497 e. The molecule has 2 N–H and O–H groups in total. The predicted molar refractivity (Wildman–Crippen MR) is 84.2 cm³/mol. The van der Waals surface area contributed by atoms with Crippen LogP contribution in [-0.4, -0.2) is 34.7 Å². The van der Waals surface area contributed by atoms with Crippen LogP contribution in [0, 0.1) is 0 Å². The van der Waals surface area contributed by atoms with E-state index < -0.39 is 10.0 Å². The molecule has 5 nitrogen and oxygen atoms in total. The van der Waals surface area contributed by atoms with Crippen LogP contribution in [0.3, 0.4) is 0 Å². The van der Waals surface area contributed by atoms with Crippen LogP contribution in [0.15, 0.2) is 27.6 Å². The molecule has 0 bridgehead atoms. The lowest BCUT2D eigenvalue weighted by atomic mass is 10.2. The average molecular weight is 386 g/mol. The van der Waals surface area contributed by atoms with Gasteiger partial charge in [0.15, 0.2) is 0 Å². The molecule has 1 aliphatic heterocycles. The number of nitrogens with one attached hydrogen (secondary N) is 2. The maximum Gasteiger partial charge on any atom is 0.240 e. The summed E-state index contributed by atoms with van der Waals surface area (Å²) in [6.45, 7) is 1.37. The van der Waals surface area contributed by atoms with Crippen LogP contribution in [0.2, 0.25) is 0 Å². The molecule has 1 fully saturated rings. The quantitative estimate of drug-likeness (QED) is 0.812. The first-order valence-corrected chi connectivity index (χ1v) is 8.36. The highest BCUT2D eigenvalue weighted by Crippen LogP contribution is 2.24. The molecule has 1 aliphatic rings. The Balaban J connectivity index is 0.00000200. The van der Waals surface area contributed by atoms with Crippen LogP contribution >= 0.6 is 28.3 Å². The van der Waals surface area contributed by atoms with Crippen molar-refractivity contribution in [3.8, 4) is 5.75 Å². The Kier molecular flexibility index (Phi) is 6.74. The van der Waals surface area contributed by atoms with Gasteiger partial charge in [-0.25, -0.2) is 13.1 Å². The van der Waals surface area contributed by atoms with Crippen LogP contribution < -0.4 is 14.8 Å². The molecule has 1 atom stereocenters. The molecule has 1 aromatic carbocycles. The number of halogens is 2. The summed E-state index contributed by atoms with van der Waals surface area (Å²) in [6, 6.07) is 5.02. The first kappa shape index (κ1) is 17.7. The lowest BCUT2D eigenvalue weighted by Crippen LogP contribution is -2.37. The van der Waals surface area contributed by atoms with Crippen molar-refractivity contribution in [3.05, 3.63) is 22.7 Å². The Morgan fingerprint density at radius 2 is 2.20 bits per heavy atom. The van der Waals surface area contributed by atoms with E-state index in [4.69, 9.17) is 4.74 Å². The molecular weight excluding hydrogens is 368 g/mol. The molecule has 0 radical (unpaired) electrons. The van der Waals surface area contributed by atoms with E-state index in [2.05, 4.69) is 26.0 Å². The molecular formula is C12H18BrClN2O3S. The summed E-state index contributed by atoms with van der Waals surface area (Å²) in [4.78, 5) is 0.205. The zero-order valence-corrected chi connectivity index (χ0v) is 14.3. The highest BCUT2D eigenvalue weighted by atomic mass is 79.9. The molecule has 0 amide bonds. The topological polar surface area (TPSA) is 67.4 Å². The SMILES string of the molecule is COc1cc(Br)cc(S(=O)(=O)NCC2CCCN2)c1.Cl. The number of sulfonamides is 1. The molecule has 1 heterocycles. The fourth-order valence-corrected chi connectivity index (χ4v) is 3.80. The van der Waals surface area contributed by atoms with Crippen LogP contribution in [0.25, 0.3) is 0 Å². The van der Waals surface area contributed by atoms with Crippen molar-refractivity contribution in [2.45, 2.75) is 23.8 Å². The summed E-state index contributed by atoms with van der Waals surface area (Å²) >= 11 is 3.28. The molecule has 1 saturated heterocycles. The minimum atomic E-state index is -3.50.